The van der Waals surface area contributed by atoms with Gasteiger partial charge in [0.15, 0.2) is 0 Å². The molecule has 3 N–H and O–H groups in total. The first kappa shape index (κ1) is 32.2. The molecule has 2 aromatic carbocycles. The predicted molar refractivity (Wildman–Crippen MR) is 163 cm³/mol. The summed E-state index contributed by atoms with van der Waals surface area (Å²) in [6.45, 7) is 6.83. The van der Waals surface area contributed by atoms with Gasteiger partial charge < -0.3 is 24.9 Å². The van der Waals surface area contributed by atoms with E-state index in [2.05, 4.69) is 5.32 Å². The Morgan fingerprint density at radius 3 is 2.27 bits per heavy atom. The summed E-state index contributed by atoms with van der Waals surface area (Å²) in [5, 5.41) is 3.06. The number of benzene rings is 2. The molecule has 1 aromatic heterocycles. The van der Waals surface area contributed by atoms with Crippen molar-refractivity contribution in [1.29, 1.82) is 0 Å². The molecule has 0 spiro atoms. The van der Waals surface area contributed by atoms with Gasteiger partial charge in [-0.2, -0.15) is 8.78 Å². The molecule has 2 aliphatic rings. The van der Waals surface area contributed by atoms with Gasteiger partial charge in [-0.3, -0.25) is 18.9 Å². The quantitative estimate of drug-likeness (QED) is 0.300. The van der Waals surface area contributed by atoms with E-state index < -0.39 is 42.2 Å². The van der Waals surface area contributed by atoms with Crippen LogP contribution in [0.1, 0.15) is 72.8 Å². The molecule has 5 rings (SSSR count). The number of thiophene rings is 1. The summed E-state index contributed by atoms with van der Waals surface area (Å²) < 4.78 is 40.4. The molecule has 0 bridgehead atoms. The third kappa shape index (κ3) is 6.31. The van der Waals surface area contributed by atoms with Crippen molar-refractivity contribution in [2.45, 2.75) is 77.3 Å². The highest BCUT2D eigenvalue weighted by atomic mass is 32.1. The van der Waals surface area contributed by atoms with Gasteiger partial charge in [-0.1, -0.05) is 63.9 Å². The fraction of sp³-hybridized carbons (Fsp3) is 0.452. The van der Waals surface area contributed by atoms with Crippen molar-refractivity contribution >= 4 is 46.7 Å². The maximum atomic E-state index is 14.3. The summed E-state index contributed by atoms with van der Waals surface area (Å²) >= 11 is 1.02. The number of nitrogens with zero attached hydrogens (tertiary/aromatic N) is 2. The number of likely N-dealkylation sites (tertiary alicyclic amines) is 1. The van der Waals surface area contributed by atoms with Crippen LogP contribution in [0.4, 0.5) is 8.78 Å². The van der Waals surface area contributed by atoms with Gasteiger partial charge in [0.25, 0.3) is 5.91 Å². The van der Waals surface area contributed by atoms with Gasteiger partial charge in [0.2, 0.25) is 11.8 Å². The Morgan fingerprint density at radius 2 is 1.66 bits per heavy atom. The number of fused-ring (bicyclic) bond motifs is 2. The Hall–Kier alpha value is -3.18. The zero-order chi connectivity index (χ0) is 32.0. The summed E-state index contributed by atoms with van der Waals surface area (Å²) in [6, 6.07) is 10.8. The topological polar surface area (TPSA) is 127 Å². The number of alkyl halides is 2. The van der Waals surface area contributed by atoms with Crippen molar-refractivity contribution in [3.63, 3.8) is 0 Å². The molecule has 44 heavy (non-hydrogen) atoms. The molecule has 3 amide bonds. The first-order valence-electron chi connectivity index (χ1n) is 14.5. The number of amides is 3. The van der Waals surface area contributed by atoms with Crippen molar-refractivity contribution in [3.8, 4) is 0 Å². The Kier molecular flexibility index (Phi) is 8.76. The van der Waals surface area contributed by atoms with Crippen LogP contribution in [0.15, 0.2) is 48.5 Å². The second kappa shape index (κ2) is 12.0. The SMILES string of the molecule is CC(C)(C)C(NC(=O)c1cc2cc(C(F)(F)P(=O)(O)O)ccc2s1)C(=O)N1CCCCCC1C(=O)N1Cc2ccccc2C1. The fourth-order valence-electron chi connectivity index (χ4n) is 5.86. The van der Waals surface area contributed by atoms with Crippen molar-refractivity contribution in [3.05, 3.63) is 70.1 Å². The number of carbonyl (C=O) groups is 3. The van der Waals surface area contributed by atoms with E-state index in [0.29, 0.717) is 30.8 Å². The number of carbonyl (C=O) groups excluding carboxylic acids is 3. The van der Waals surface area contributed by atoms with Crippen LogP contribution in [-0.2, 0) is 32.9 Å². The molecular formula is C31H36F2N3O6PS. The summed E-state index contributed by atoms with van der Waals surface area (Å²) in [4.78, 5) is 63.4. The van der Waals surface area contributed by atoms with Gasteiger partial charge in [-0.15, -0.1) is 11.3 Å². The second-order valence-corrected chi connectivity index (χ2v) is 15.3. The first-order valence-corrected chi connectivity index (χ1v) is 17.0. The Morgan fingerprint density at radius 1 is 1.00 bits per heavy atom. The summed E-state index contributed by atoms with van der Waals surface area (Å²) in [6.07, 6.45) is 2.95. The molecule has 1 fully saturated rings. The molecule has 2 aliphatic heterocycles. The maximum absolute atomic E-state index is 14.3. The smallest absolute Gasteiger partial charge is 0.339 e. The lowest BCUT2D eigenvalue weighted by Crippen LogP contribution is -2.59. The van der Waals surface area contributed by atoms with Gasteiger partial charge in [0.05, 0.1) is 4.88 Å². The third-order valence-corrected chi connectivity index (χ3v) is 10.4. The number of nitrogens with one attached hydrogen (secondary N) is 1. The highest BCUT2D eigenvalue weighted by molar-refractivity contribution is 7.52. The number of hydrogen-bond acceptors (Lipinski definition) is 5. The molecule has 2 atom stereocenters. The van der Waals surface area contributed by atoms with Gasteiger partial charge in [-0.25, -0.2) is 0 Å². The van der Waals surface area contributed by atoms with E-state index in [1.807, 2.05) is 45.0 Å². The van der Waals surface area contributed by atoms with Crippen LogP contribution in [0.3, 0.4) is 0 Å². The molecular weight excluding hydrogens is 611 g/mol. The van der Waals surface area contributed by atoms with E-state index >= 15 is 0 Å². The highest BCUT2D eigenvalue weighted by Gasteiger charge is 2.50. The summed E-state index contributed by atoms with van der Waals surface area (Å²) in [5.74, 6) is -1.05. The molecule has 0 saturated carbocycles. The minimum Gasteiger partial charge on any atom is -0.339 e. The molecule has 1 saturated heterocycles. The predicted octanol–water partition coefficient (Wildman–Crippen LogP) is 5.59. The lowest BCUT2D eigenvalue weighted by molar-refractivity contribution is -0.148. The van der Waals surface area contributed by atoms with E-state index in [4.69, 9.17) is 9.79 Å². The monoisotopic (exact) mass is 647 g/mol. The largest absolute Gasteiger partial charge is 0.399 e. The van der Waals surface area contributed by atoms with Gasteiger partial charge in [0.1, 0.15) is 12.1 Å². The van der Waals surface area contributed by atoms with Crippen LogP contribution in [0.2, 0.25) is 0 Å². The molecule has 3 heterocycles. The fourth-order valence-corrected chi connectivity index (χ4v) is 7.28. The van der Waals surface area contributed by atoms with E-state index in [9.17, 15) is 27.7 Å². The summed E-state index contributed by atoms with van der Waals surface area (Å²) in [5.41, 5.74) is -3.79. The molecule has 0 radical (unpaired) electrons. The summed E-state index contributed by atoms with van der Waals surface area (Å²) in [7, 11) is -5.76. The van der Waals surface area contributed by atoms with Crippen LogP contribution in [0, 0.1) is 5.41 Å². The van der Waals surface area contributed by atoms with Crippen LogP contribution in [0.25, 0.3) is 10.1 Å². The average Bonchev–Trinajstić information content (AvgIpc) is 3.50. The Bertz CT molecular complexity index is 1620. The second-order valence-electron chi connectivity index (χ2n) is 12.6. The minimum absolute atomic E-state index is 0.108. The van der Waals surface area contributed by atoms with E-state index in [0.717, 1.165) is 53.9 Å². The van der Waals surface area contributed by atoms with E-state index in [1.54, 1.807) is 9.80 Å². The number of hydrogen-bond donors (Lipinski definition) is 3. The van der Waals surface area contributed by atoms with Crippen molar-refractivity contribution in [2.75, 3.05) is 6.54 Å². The number of halogens is 2. The maximum Gasteiger partial charge on any atom is 0.399 e. The zero-order valence-corrected chi connectivity index (χ0v) is 26.5. The number of rotatable bonds is 6. The van der Waals surface area contributed by atoms with Crippen molar-refractivity contribution in [2.24, 2.45) is 5.41 Å². The highest BCUT2D eigenvalue weighted by Crippen LogP contribution is 2.59. The van der Waals surface area contributed by atoms with Crippen LogP contribution >= 0.6 is 18.9 Å². The third-order valence-electron chi connectivity index (χ3n) is 8.32. The van der Waals surface area contributed by atoms with E-state index in [1.165, 1.54) is 12.1 Å². The molecule has 236 valence electrons. The molecule has 3 aromatic rings. The Balaban J connectivity index is 1.38. The molecule has 9 nitrogen and oxygen atoms in total. The molecule has 13 heteroatoms. The van der Waals surface area contributed by atoms with Crippen molar-refractivity contribution < 1.29 is 37.5 Å². The van der Waals surface area contributed by atoms with Crippen LogP contribution in [0.5, 0.6) is 0 Å². The zero-order valence-electron chi connectivity index (χ0n) is 24.8. The molecule has 2 unspecified atom stereocenters. The Labute approximate surface area is 258 Å². The van der Waals surface area contributed by atoms with Crippen LogP contribution < -0.4 is 5.32 Å². The van der Waals surface area contributed by atoms with Gasteiger partial charge in [0, 0.05) is 29.9 Å². The van der Waals surface area contributed by atoms with Gasteiger partial charge >= 0.3 is 13.3 Å². The van der Waals surface area contributed by atoms with Crippen LogP contribution in [-0.4, -0.2) is 55.9 Å². The lowest BCUT2D eigenvalue weighted by atomic mass is 9.85. The lowest BCUT2D eigenvalue weighted by Gasteiger charge is -2.38. The van der Waals surface area contributed by atoms with E-state index in [-0.39, 0.29) is 22.1 Å². The minimum atomic E-state index is -5.76. The molecule has 0 aliphatic carbocycles. The first-order chi connectivity index (χ1) is 20.6. The van der Waals surface area contributed by atoms with Crippen molar-refractivity contribution in [1.82, 2.24) is 15.1 Å². The average molecular weight is 648 g/mol. The van der Waals surface area contributed by atoms with Gasteiger partial charge in [-0.05, 0) is 53.0 Å². The standard InChI is InChI=1S/C31H36F2N3O6PS/c1-30(2,3)26(34-27(37)25-16-21-15-22(12-13-24(21)44-25)31(32,33)43(40,41)42)29(39)36-14-8-4-5-11-23(36)28(38)35-17-19-9-6-7-10-20(19)18-35/h6-7,9-10,12-13,15-16,23,26H,4-5,8,11,14,17-18H2,1-3H3,(H,34,37)(H2,40,41,42). The normalized spacial score (nSPS) is 18.6.